The van der Waals surface area contributed by atoms with Crippen molar-refractivity contribution < 1.29 is 33.6 Å². The largest absolute Gasteiger partial charge is 0.480 e. The number of carbonyl (C=O) groups excluding carboxylic acids is 2. The molecule has 0 bridgehead atoms. The molecule has 0 saturated carbocycles. The number of amides is 2. The summed E-state index contributed by atoms with van der Waals surface area (Å²) >= 11 is 3.62. The van der Waals surface area contributed by atoms with E-state index in [0.29, 0.717) is 0 Å². The molecule has 0 aliphatic rings. The van der Waals surface area contributed by atoms with Crippen LogP contribution in [-0.4, -0.2) is 62.6 Å². The zero-order valence-corrected chi connectivity index (χ0v) is 13.6. The normalized spacial score (nSPS) is 11.9. The molecular weight excluding hydrogens is 352 g/mol. The topological polar surface area (TPSA) is 200 Å². The zero-order chi connectivity index (χ0) is 18.4. The van der Waals surface area contributed by atoms with E-state index in [1.807, 2.05) is 0 Å². The van der Waals surface area contributed by atoms with Crippen molar-refractivity contribution in [3.8, 4) is 0 Å². The minimum absolute atomic E-state index is 0.0256. The number of nitrogens with one attached hydrogen (secondary N) is 3. The summed E-state index contributed by atoms with van der Waals surface area (Å²) in [6.45, 7) is -0.567. The predicted molar refractivity (Wildman–Crippen MR) is 82.1 cm³/mol. The molecule has 0 aromatic heterocycles. The van der Waals surface area contributed by atoms with E-state index in [0.717, 1.165) is 0 Å². The Labute approximate surface area is 140 Å². The predicted octanol–water partition coefficient (Wildman–Crippen LogP) is -2.24. The molecule has 0 heterocycles. The van der Waals surface area contributed by atoms with Crippen molar-refractivity contribution in [1.82, 2.24) is 10.6 Å². The molecule has 13 heteroatoms. The van der Waals surface area contributed by atoms with E-state index < -0.39 is 42.4 Å². The summed E-state index contributed by atoms with van der Waals surface area (Å²) in [4.78, 5) is 43.7. The monoisotopic (exact) mass is 370 g/mol. The van der Waals surface area contributed by atoms with Gasteiger partial charge in [-0.3, -0.25) is 19.2 Å². The van der Waals surface area contributed by atoms with Gasteiger partial charge in [0.2, 0.25) is 11.8 Å². The maximum Gasteiger partial charge on any atom is 0.322 e. The van der Waals surface area contributed by atoms with Gasteiger partial charge in [-0.05, 0) is 6.42 Å². The van der Waals surface area contributed by atoms with Crippen LogP contribution >= 0.6 is 12.6 Å². The van der Waals surface area contributed by atoms with Crippen molar-refractivity contribution in [2.45, 2.75) is 24.9 Å². The number of carboxylic acid groups (broad SMARTS) is 2. The van der Waals surface area contributed by atoms with Gasteiger partial charge < -0.3 is 26.6 Å². The van der Waals surface area contributed by atoms with Crippen molar-refractivity contribution in [3.05, 3.63) is 0 Å². The average molecular weight is 370 g/mol. The number of aliphatic carboxylic acids is 2. The molecule has 0 aliphatic heterocycles. The van der Waals surface area contributed by atoms with E-state index in [4.69, 9.17) is 24.9 Å². The van der Waals surface area contributed by atoms with Crippen LogP contribution in [0.2, 0.25) is 0 Å². The molecule has 0 radical (unpaired) electrons. The minimum Gasteiger partial charge on any atom is -0.480 e. The van der Waals surface area contributed by atoms with Gasteiger partial charge >= 0.3 is 11.9 Å². The Kier molecular flexibility index (Phi) is 13.8. The van der Waals surface area contributed by atoms with Gasteiger partial charge in [-0.2, -0.15) is 16.8 Å². The molecule has 0 aromatic rings. The van der Waals surface area contributed by atoms with Crippen molar-refractivity contribution in [2.24, 2.45) is 5.73 Å². The van der Waals surface area contributed by atoms with Crippen LogP contribution in [0.25, 0.3) is 0 Å². The Bertz CT molecular complexity index is 468. The molecule has 7 N–H and O–H groups in total. The molecule has 23 heavy (non-hydrogen) atoms. The van der Waals surface area contributed by atoms with Gasteiger partial charge in [-0.15, -0.1) is 0 Å². The molecule has 0 aliphatic carbocycles. The lowest BCUT2D eigenvalue weighted by Crippen LogP contribution is -2.49. The smallest absolute Gasteiger partial charge is 0.322 e. The highest BCUT2D eigenvalue weighted by molar-refractivity contribution is 7.80. The summed E-state index contributed by atoms with van der Waals surface area (Å²) in [5.74, 6) is -3.70. The second-order valence-corrected chi connectivity index (χ2v) is 4.51. The maximum absolute atomic E-state index is 11.5. The third-order valence-corrected chi connectivity index (χ3v) is 2.61. The molecular formula is C10H18N4O7S2. The number of carbonyl (C=O) groups is 4. The second kappa shape index (κ2) is 13.7. The van der Waals surface area contributed by atoms with Crippen LogP contribution in [0.15, 0.2) is 0 Å². The van der Waals surface area contributed by atoms with E-state index in [-0.39, 0.29) is 30.1 Å². The summed E-state index contributed by atoms with van der Waals surface area (Å²) in [6.07, 6.45) is -0.235. The Morgan fingerprint density at radius 2 is 1.78 bits per heavy atom. The highest BCUT2D eigenvalue weighted by Gasteiger charge is 2.20. The number of nitrogens with two attached hydrogens (primary N) is 1. The standard InChI is InChI=1S/C10H17N3O6S.HNOS/c11-5(10(18)19)1-2-7(14)13-6(4-20)9(17)12-3-8(15)16;1-3-2/h5-6,20H,1-4,11H2,(H,12,17)(H,13,14)(H,15,16)(H,18,19);1H. The van der Waals surface area contributed by atoms with Crippen LogP contribution in [0.3, 0.4) is 0 Å². The van der Waals surface area contributed by atoms with Crippen LogP contribution in [-0.2, 0) is 30.6 Å². The van der Waals surface area contributed by atoms with Crippen LogP contribution in [0.1, 0.15) is 12.8 Å². The van der Waals surface area contributed by atoms with Gasteiger partial charge in [0.25, 0.3) is 0 Å². The third kappa shape index (κ3) is 13.4. The van der Waals surface area contributed by atoms with Gasteiger partial charge in [0, 0.05) is 12.2 Å². The van der Waals surface area contributed by atoms with Gasteiger partial charge in [0.15, 0.2) is 11.5 Å². The Balaban J connectivity index is 0. The maximum atomic E-state index is 11.5. The fourth-order valence-electron chi connectivity index (χ4n) is 1.16. The lowest BCUT2D eigenvalue weighted by molar-refractivity contribution is -0.139. The van der Waals surface area contributed by atoms with Crippen molar-refractivity contribution in [2.75, 3.05) is 12.3 Å². The minimum atomic E-state index is -1.22. The number of thiol groups is 1. The van der Waals surface area contributed by atoms with E-state index in [1.54, 1.807) is 0 Å². The Hall–Kier alpha value is -1.99. The summed E-state index contributed by atoms with van der Waals surface area (Å²) in [7, 11) is 0. The highest BCUT2D eigenvalue weighted by Crippen LogP contribution is 1.97. The molecule has 0 saturated heterocycles. The number of hydrogen-bond donors (Lipinski definition) is 7. The van der Waals surface area contributed by atoms with Gasteiger partial charge in [0.05, 0.1) is 0 Å². The summed E-state index contributed by atoms with van der Waals surface area (Å²) in [5, 5.41) is 21.4. The third-order valence-electron chi connectivity index (χ3n) is 2.25. The molecule has 132 valence electrons. The van der Waals surface area contributed by atoms with E-state index >= 15 is 0 Å². The lowest BCUT2D eigenvalue weighted by Gasteiger charge is -2.16. The van der Waals surface area contributed by atoms with Crippen LogP contribution in [0, 0.1) is 4.78 Å². The van der Waals surface area contributed by atoms with Gasteiger partial charge in [-0.25, -0.2) is 4.78 Å². The molecule has 0 spiro atoms. The average Bonchev–Trinajstić information content (AvgIpc) is 2.48. The van der Waals surface area contributed by atoms with E-state index in [9.17, 15) is 19.2 Å². The molecule has 2 amide bonds. The molecule has 0 aromatic carbocycles. The van der Waals surface area contributed by atoms with Crippen molar-refractivity contribution in [3.63, 3.8) is 0 Å². The van der Waals surface area contributed by atoms with Gasteiger partial charge in [-0.1, -0.05) is 0 Å². The fourth-order valence-corrected chi connectivity index (χ4v) is 1.41. The first-order chi connectivity index (χ1) is 10.7. The highest BCUT2D eigenvalue weighted by atomic mass is 32.1. The second-order valence-electron chi connectivity index (χ2n) is 3.98. The first-order valence-electron chi connectivity index (χ1n) is 6.03. The lowest BCUT2D eigenvalue weighted by atomic mass is 10.1. The van der Waals surface area contributed by atoms with Crippen LogP contribution < -0.4 is 16.4 Å². The number of hydrogen-bond acceptors (Lipinski definition) is 8. The van der Waals surface area contributed by atoms with Crippen LogP contribution in [0.4, 0.5) is 0 Å². The molecule has 2 unspecified atom stereocenters. The summed E-state index contributed by atoms with van der Waals surface area (Å²) < 4.78 is 14.1. The van der Waals surface area contributed by atoms with E-state index in [2.05, 4.69) is 23.3 Å². The van der Waals surface area contributed by atoms with Crippen molar-refractivity contribution >= 4 is 47.8 Å². The Morgan fingerprint density at radius 3 is 2.17 bits per heavy atom. The quantitative estimate of drug-likeness (QED) is 0.221. The first-order valence-corrected chi connectivity index (χ1v) is 7.40. The SMILES string of the molecule is N=S=O.NC(CCC(=O)NC(CS)C(=O)NCC(=O)O)C(=O)O. The first kappa shape index (κ1) is 23.3. The summed E-state index contributed by atoms with van der Waals surface area (Å²) in [6, 6.07) is -2.15. The van der Waals surface area contributed by atoms with Gasteiger partial charge in [0.1, 0.15) is 18.6 Å². The van der Waals surface area contributed by atoms with Crippen molar-refractivity contribution in [1.29, 1.82) is 4.78 Å². The molecule has 2 atom stereocenters. The molecule has 0 rings (SSSR count). The van der Waals surface area contributed by atoms with E-state index in [1.165, 1.54) is 0 Å². The molecule has 0 fully saturated rings. The zero-order valence-electron chi connectivity index (χ0n) is 11.9. The number of rotatable bonds is 9. The summed E-state index contributed by atoms with van der Waals surface area (Å²) in [5.41, 5.74) is 5.23. The number of carboxylic acids is 2. The molecule has 11 nitrogen and oxygen atoms in total. The fraction of sp³-hybridized carbons (Fsp3) is 0.600. The van der Waals surface area contributed by atoms with Crippen LogP contribution in [0.5, 0.6) is 0 Å². The Morgan fingerprint density at radius 1 is 1.26 bits per heavy atom.